The monoisotopic (exact) mass is 504 g/mol. The number of aromatic nitrogens is 1. The molecule has 0 saturated heterocycles. The molecule has 1 aliphatic rings. The van der Waals surface area contributed by atoms with E-state index in [1.807, 2.05) is 55.5 Å². The Morgan fingerprint density at radius 3 is 2.58 bits per heavy atom. The van der Waals surface area contributed by atoms with E-state index in [-0.39, 0.29) is 12.2 Å². The molecule has 0 N–H and O–H groups in total. The molecule has 0 fully saturated rings. The molecule has 1 aromatic heterocycles. The first-order chi connectivity index (χ1) is 17.5. The summed E-state index contributed by atoms with van der Waals surface area (Å²) in [6.45, 7) is 10.2. The van der Waals surface area contributed by atoms with E-state index < -0.39 is 12.0 Å². The van der Waals surface area contributed by atoms with Crippen molar-refractivity contribution in [3.05, 3.63) is 103 Å². The predicted octanol–water partition coefficient (Wildman–Crippen LogP) is 3.76. The number of thiazole rings is 1. The standard InChI is InChI=1S/C28H28N2O5S/c1-5-15-35-21-14-13-19(16-22(21)33-6-2)17-23-26(31)30-25(20-11-9-8-10-12-20)24(27(32)34-7-3)18(4)29-28(30)36-23/h5,8-14,16-17,25H,1,6-7,15H2,2-4H3/b23-17-/t25-/m0/s1. The third kappa shape index (κ3) is 5.04. The van der Waals surface area contributed by atoms with Crippen molar-refractivity contribution in [1.82, 2.24) is 4.57 Å². The molecule has 4 rings (SSSR count). The van der Waals surface area contributed by atoms with Crippen molar-refractivity contribution in [3.8, 4) is 11.5 Å². The highest BCUT2D eigenvalue weighted by Gasteiger charge is 2.33. The van der Waals surface area contributed by atoms with Gasteiger partial charge < -0.3 is 14.2 Å². The van der Waals surface area contributed by atoms with Gasteiger partial charge in [-0.25, -0.2) is 9.79 Å². The summed E-state index contributed by atoms with van der Waals surface area (Å²) in [6, 6.07) is 14.3. The Kier molecular flexibility index (Phi) is 7.85. The van der Waals surface area contributed by atoms with Gasteiger partial charge in [-0.2, -0.15) is 0 Å². The summed E-state index contributed by atoms with van der Waals surface area (Å²) in [7, 11) is 0. The molecule has 186 valence electrons. The molecule has 2 heterocycles. The van der Waals surface area contributed by atoms with E-state index in [1.54, 1.807) is 30.6 Å². The zero-order chi connectivity index (χ0) is 25.7. The fourth-order valence-corrected chi connectivity index (χ4v) is 5.09. The van der Waals surface area contributed by atoms with Crippen LogP contribution in [0.3, 0.4) is 0 Å². The van der Waals surface area contributed by atoms with Gasteiger partial charge in [0.2, 0.25) is 0 Å². The average Bonchev–Trinajstić information content (AvgIpc) is 3.17. The van der Waals surface area contributed by atoms with Gasteiger partial charge in [0.15, 0.2) is 16.3 Å². The number of esters is 1. The van der Waals surface area contributed by atoms with Gasteiger partial charge in [0, 0.05) is 0 Å². The quantitative estimate of drug-likeness (QED) is 0.328. The van der Waals surface area contributed by atoms with E-state index in [9.17, 15) is 9.59 Å². The lowest BCUT2D eigenvalue weighted by Crippen LogP contribution is -2.39. The fourth-order valence-electron chi connectivity index (χ4n) is 4.04. The maximum Gasteiger partial charge on any atom is 0.338 e. The van der Waals surface area contributed by atoms with Crippen LogP contribution in [0.2, 0.25) is 0 Å². The number of rotatable bonds is 9. The van der Waals surface area contributed by atoms with Crippen molar-refractivity contribution in [2.24, 2.45) is 4.99 Å². The molecule has 0 bridgehead atoms. The Labute approximate surface area is 213 Å². The van der Waals surface area contributed by atoms with E-state index in [0.717, 1.165) is 11.1 Å². The smallest absolute Gasteiger partial charge is 0.338 e. The summed E-state index contributed by atoms with van der Waals surface area (Å²) in [6.07, 6.45) is 3.47. The number of carbonyl (C=O) groups excluding carboxylic acids is 1. The number of hydrogen-bond donors (Lipinski definition) is 0. The molecule has 8 heteroatoms. The number of ether oxygens (including phenoxy) is 3. The van der Waals surface area contributed by atoms with Crippen LogP contribution in [0.4, 0.5) is 0 Å². The highest BCUT2D eigenvalue weighted by molar-refractivity contribution is 7.07. The summed E-state index contributed by atoms with van der Waals surface area (Å²) >= 11 is 1.28. The van der Waals surface area contributed by atoms with Gasteiger partial charge in [0.1, 0.15) is 6.61 Å². The summed E-state index contributed by atoms with van der Waals surface area (Å²) in [4.78, 5) is 31.8. The van der Waals surface area contributed by atoms with Crippen molar-refractivity contribution >= 4 is 23.4 Å². The van der Waals surface area contributed by atoms with Crippen molar-refractivity contribution in [1.29, 1.82) is 0 Å². The van der Waals surface area contributed by atoms with Crippen molar-refractivity contribution in [2.75, 3.05) is 19.8 Å². The Morgan fingerprint density at radius 2 is 1.89 bits per heavy atom. The Bertz CT molecular complexity index is 1480. The lowest BCUT2D eigenvalue weighted by atomic mass is 9.96. The molecule has 1 atom stereocenters. The minimum Gasteiger partial charge on any atom is -0.490 e. The Hall–Kier alpha value is -3.91. The zero-order valence-corrected chi connectivity index (χ0v) is 21.3. The first kappa shape index (κ1) is 25.2. The number of benzene rings is 2. The molecule has 2 aromatic carbocycles. The maximum atomic E-state index is 13.7. The topological polar surface area (TPSA) is 79.1 Å². The maximum absolute atomic E-state index is 13.7. The van der Waals surface area contributed by atoms with E-state index in [4.69, 9.17) is 14.2 Å². The summed E-state index contributed by atoms with van der Waals surface area (Å²) in [5.74, 6) is 0.718. The van der Waals surface area contributed by atoms with Crippen LogP contribution in [-0.2, 0) is 9.53 Å². The third-order valence-electron chi connectivity index (χ3n) is 5.55. The van der Waals surface area contributed by atoms with Crippen LogP contribution in [0.15, 0.2) is 82.2 Å². The third-order valence-corrected chi connectivity index (χ3v) is 6.54. The van der Waals surface area contributed by atoms with Gasteiger partial charge in [-0.05, 0) is 50.1 Å². The number of nitrogens with zero attached hydrogens (tertiary/aromatic N) is 2. The van der Waals surface area contributed by atoms with Crippen LogP contribution in [0.1, 0.15) is 37.9 Å². The minimum atomic E-state index is -0.627. The Balaban J connectivity index is 1.86. The molecule has 1 aliphatic heterocycles. The molecule has 0 radical (unpaired) electrons. The van der Waals surface area contributed by atoms with E-state index in [1.165, 1.54) is 11.3 Å². The SMILES string of the molecule is C=CCOc1ccc(/C=c2\sc3n(c2=O)[C@@H](c2ccccc2)C(C(=O)OCC)=C(C)N=3)cc1OCC. The fraction of sp³-hybridized carbons (Fsp3) is 0.250. The minimum absolute atomic E-state index is 0.230. The first-order valence-corrected chi connectivity index (χ1v) is 12.5. The van der Waals surface area contributed by atoms with Crippen LogP contribution in [0.25, 0.3) is 6.08 Å². The summed E-state index contributed by atoms with van der Waals surface area (Å²) in [5, 5.41) is 0. The normalized spacial score (nSPS) is 15.2. The zero-order valence-electron chi connectivity index (χ0n) is 20.5. The summed E-state index contributed by atoms with van der Waals surface area (Å²) < 4.78 is 18.8. The summed E-state index contributed by atoms with van der Waals surface area (Å²) in [5.41, 5.74) is 2.27. The first-order valence-electron chi connectivity index (χ1n) is 11.7. The van der Waals surface area contributed by atoms with Gasteiger partial charge in [-0.15, -0.1) is 0 Å². The van der Waals surface area contributed by atoms with Gasteiger partial charge in [-0.3, -0.25) is 9.36 Å². The molecule has 36 heavy (non-hydrogen) atoms. The van der Waals surface area contributed by atoms with E-state index in [2.05, 4.69) is 11.6 Å². The second-order valence-corrected chi connectivity index (χ2v) is 8.96. The van der Waals surface area contributed by atoms with Crippen molar-refractivity contribution < 1.29 is 19.0 Å². The lowest BCUT2D eigenvalue weighted by molar-refractivity contribution is -0.139. The molecule has 0 aliphatic carbocycles. The van der Waals surface area contributed by atoms with Gasteiger partial charge in [0.05, 0.1) is 35.1 Å². The molecular weight excluding hydrogens is 476 g/mol. The number of fused-ring (bicyclic) bond motifs is 1. The van der Waals surface area contributed by atoms with Crippen LogP contribution in [-0.4, -0.2) is 30.4 Å². The molecule has 0 unspecified atom stereocenters. The lowest BCUT2D eigenvalue weighted by Gasteiger charge is -2.24. The second-order valence-electron chi connectivity index (χ2n) is 7.95. The van der Waals surface area contributed by atoms with E-state index in [0.29, 0.717) is 45.3 Å². The predicted molar refractivity (Wildman–Crippen MR) is 140 cm³/mol. The van der Waals surface area contributed by atoms with E-state index >= 15 is 0 Å². The Morgan fingerprint density at radius 1 is 1.11 bits per heavy atom. The van der Waals surface area contributed by atoms with Crippen molar-refractivity contribution in [3.63, 3.8) is 0 Å². The molecule has 3 aromatic rings. The average molecular weight is 505 g/mol. The molecule has 7 nitrogen and oxygen atoms in total. The van der Waals surface area contributed by atoms with Crippen molar-refractivity contribution in [2.45, 2.75) is 26.8 Å². The van der Waals surface area contributed by atoms with Crippen LogP contribution < -0.4 is 24.4 Å². The van der Waals surface area contributed by atoms with Gasteiger partial charge in [-0.1, -0.05) is 60.4 Å². The van der Waals surface area contributed by atoms with Crippen LogP contribution in [0.5, 0.6) is 11.5 Å². The highest BCUT2D eigenvalue weighted by atomic mass is 32.1. The van der Waals surface area contributed by atoms with Crippen LogP contribution >= 0.6 is 11.3 Å². The van der Waals surface area contributed by atoms with Gasteiger partial charge >= 0.3 is 5.97 Å². The number of carbonyl (C=O) groups is 1. The highest BCUT2D eigenvalue weighted by Crippen LogP contribution is 2.31. The number of allylic oxidation sites excluding steroid dienone is 1. The molecule has 0 saturated carbocycles. The van der Waals surface area contributed by atoms with Crippen LogP contribution in [0, 0.1) is 0 Å². The van der Waals surface area contributed by atoms with Gasteiger partial charge in [0.25, 0.3) is 5.56 Å². The molecule has 0 spiro atoms. The molecule has 0 amide bonds. The largest absolute Gasteiger partial charge is 0.490 e. The number of hydrogen-bond acceptors (Lipinski definition) is 7. The second kappa shape index (κ2) is 11.2. The molecular formula is C28H28N2O5S.